The maximum Gasteiger partial charge on any atom is 0.160 e. The number of aromatic nitrogens is 3. The largest absolute Gasteiger partial charge is 0.247 e. The topological polar surface area (TPSA) is 38.7 Å². The molecule has 326 valence electrons. The molecule has 0 unspecified atom stereocenters. The lowest BCUT2D eigenvalue weighted by Gasteiger charge is -2.16. The van der Waals surface area contributed by atoms with Gasteiger partial charge in [-0.1, -0.05) is 218 Å². The molecule has 0 atom stereocenters. The minimum atomic E-state index is 0.680. The molecule has 0 saturated heterocycles. The lowest BCUT2D eigenvalue weighted by atomic mass is 9.89. The van der Waals surface area contributed by atoms with Gasteiger partial charge in [0, 0.05) is 38.4 Å². The Morgan fingerprint density at radius 2 is 0.700 bits per heavy atom. The Morgan fingerprint density at radius 3 is 1.36 bits per heavy atom. The minimum absolute atomic E-state index is 0.680. The first-order valence-corrected chi connectivity index (χ1v) is 23.8. The van der Waals surface area contributed by atoms with Crippen molar-refractivity contribution in [2.24, 2.45) is 0 Å². The normalized spacial score (nSPS) is 11.4. The molecule has 0 radical (unpaired) electrons. The van der Waals surface area contributed by atoms with Gasteiger partial charge in [-0.2, -0.15) is 0 Å². The van der Waals surface area contributed by atoms with E-state index >= 15 is 0 Å². The number of fused-ring (bicyclic) bond motifs is 6. The Bertz CT molecular complexity index is 4000. The lowest BCUT2D eigenvalue weighted by Crippen LogP contribution is -1.96. The highest BCUT2D eigenvalue weighted by Crippen LogP contribution is 2.43. The predicted octanol–water partition coefficient (Wildman–Crippen LogP) is 17.8. The third-order valence-electron chi connectivity index (χ3n) is 13.6. The van der Waals surface area contributed by atoms with E-state index in [-0.39, 0.29) is 0 Å². The second kappa shape index (κ2) is 17.4. The fraction of sp³-hybridized carbons (Fsp3) is 0. The molecule has 0 amide bonds. The monoisotopic (exact) mass is 889 g/mol. The van der Waals surface area contributed by atoms with Crippen molar-refractivity contribution in [3.05, 3.63) is 261 Å². The summed E-state index contributed by atoms with van der Waals surface area (Å²) in [5, 5.41) is 8.37. The van der Waals surface area contributed by atoms with E-state index in [9.17, 15) is 0 Å². The Labute approximate surface area is 406 Å². The summed E-state index contributed by atoms with van der Waals surface area (Å²) in [7, 11) is 0. The zero-order chi connectivity index (χ0) is 46.4. The highest BCUT2D eigenvalue weighted by molar-refractivity contribution is 6.25. The van der Waals surface area contributed by atoms with Crippen LogP contribution in [0, 0.1) is 0 Å². The smallest absolute Gasteiger partial charge is 0.160 e. The summed E-state index contributed by atoms with van der Waals surface area (Å²) < 4.78 is 0. The van der Waals surface area contributed by atoms with Crippen LogP contribution in [0.2, 0.25) is 0 Å². The van der Waals surface area contributed by atoms with E-state index in [2.05, 4.69) is 255 Å². The summed E-state index contributed by atoms with van der Waals surface area (Å²) in [6.45, 7) is 0. The van der Waals surface area contributed by atoms with Crippen LogP contribution in [-0.2, 0) is 0 Å². The Balaban J connectivity index is 0.912. The number of nitrogens with zero attached hydrogens (tertiary/aromatic N) is 3. The maximum atomic E-state index is 5.38. The maximum absolute atomic E-state index is 5.38. The second-order valence-electron chi connectivity index (χ2n) is 17.9. The molecule has 0 fully saturated rings. The van der Waals surface area contributed by atoms with E-state index in [4.69, 9.17) is 15.0 Å². The van der Waals surface area contributed by atoms with Gasteiger partial charge >= 0.3 is 0 Å². The molecule has 3 nitrogen and oxygen atoms in total. The zero-order valence-electron chi connectivity index (χ0n) is 38.2. The first-order valence-electron chi connectivity index (χ1n) is 23.8. The van der Waals surface area contributed by atoms with Crippen molar-refractivity contribution in [2.45, 2.75) is 0 Å². The van der Waals surface area contributed by atoms with E-state index in [1.54, 1.807) is 0 Å². The van der Waals surface area contributed by atoms with Gasteiger partial charge in [0.2, 0.25) is 0 Å². The summed E-state index contributed by atoms with van der Waals surface area (Å²) >= 11 is 0. The van der Waals surface area contributed by atoms with Crippen molar-refractivity contribution in [3.63, 3.8) is 0 Å². The van der Waals surface area contributed by atoms with Crippen LogP contribution in [0.25, 0.3) is 133 Å². The van der Waals surface area contributed by atoms with Gasteiger partial charge in [0.05, 0.1) is 22.6 Å². The van der Waals surface area contributed by atoms with Crippen LogP contribution in [0.1, 0.15) is 0 Å². The number of para-hydroxylation sites is 1. The molecule has 3 heteroatoms. The first kappa shape index (κ1) is 40.9. The van der Waals surface area contributed by atoms with Crippen molar-refractivity contribution in [3.8, 4) is 89.7 Å². The van der Waals surface area contributed by atoms with Gasteiger partial charge < -0.3 is 0 Å². The molecule has 70 heavy (non-hydrogen) atoms. The molecule has 2 aromatic heterocycles. The molecule has 0 aliphatic rings. The molecule has 2 heterocycles. The highest BCUT2D eigenvalue weighted by Gasteiger charge is 2.18. The third kappa shape index (κ3) is 7.56. The van der Waals surface area contributed by atoms with Crippen LogP contribution < -0.4 is 0 Å². The Morgan fingerprint density at radius 1 is 0.229 bits per heavy atom. The summed E-state index contributed by atoms with van der Waals surface area (Å²) in [5.74, 6) is 0.680. The lowest BCUT2D eigenvalue weighted by molar-refractivity contribution is 1.18. The predicted molar refractivity (Wildman–Crippen MR) is 293 cm³/mol. The minimum Gasteiger partial charge on any atom is -0.247 e. The van der Waals surface area contributed by atoms with Crippen molar-refractivity contribution in [1.82, 2.24) is 15.0 Å². The molecule has 0 bridgehead atoms. The van der Waals surface area contributed by atoms with E-state index in [1.165, 1.54) is 38.1 Å². The highest BCUT2D eigenvalue weighted by atomic mass is 14.9. The molecule has 0 saturated carbocycles. The van der Waals surface area contributed by atoms with Gasteiger partial charge in [-0.15, -0.1) is 0 Å². The number of rotatable bonds is 8. The molecular formula is C67H43N3. The Hall–Kier alpha value is -9.31. The van der Waals surface area contributed by atoms with E-state index in [0.717, 1.165) is 89.0 Å². The number of pyridine rings is 1. The molecular weight excluding hydrogens is 847 g/mol. The summed E-state index contributed by atoms with van der Waals surface area (Å²) in [5.41, 5.74) is 17.0. The van der Waals surface area contributed by atoms with Gasteiger partial charge in [0.15, 0.2) is 5.82 Å². The average Bonchev–Trinajstić information content (AvgIpc) is 3.45. The summed E-state index contributed by atoms with van der Waals surface area (Å²) in [4.78, 5) is 15.9. The fourth-order valence-corrected chi connectivity index (χ4v) is 10.1. The molecule has 0 aliphatic carbocycles. The molecule has 11 aromatic carbocycles. The quantitative estimate of drug-likeness (QED) is 0.143. The molecule has 13 aromatic rings. The van der Waals surface area contributed by atoms with Crippen molar-refractivity contribution in [2.75, 3.05) is 0 Å². The SMILES string of the molecule is c1ccc(-c2cccc(-c3cc(-c4cccc(-c5ccc(-c6cc7c(-c8ccc9ccccc9c8)nc8ccccc8c7c7ccccc67)cc5)c4)nc(-c4cccc(-c5ccccc5)c4)n3)c2)cc1. The average molecular weight is 890 g/mol. The zero-order valence-corrected chi connectivity index (χ0v) is 38.2. The first-order chi connectivity index (χ1) is 34.7. The standard InChI is InChI=1S/C67H43N3/c1-3-16-44(17-4-1)50-22-13-25-53(38-50)63-43-64(70-67(69-63)56-27-15-24-52(41-56)45-18-5-2-6-19-45)54-26-14-23-51(39-54)47-32-35-48(36-33-47)60-42-61-65(58-29-10-9-28-57(58)60)59-30-11-12-31-62(59)68-66(61)55-37-34-46-20-7-8-21-49(46)40-55/h1-43H. The number of benzene rings is 11. The van der Waals surface area contributed by atoms with E-state index in [1.807, 2.05) is 6.07 Å². The van der Waals surface area contributed by atoms with Gasteiger partial charge in [-0.05, 0) is 109 Å². The molecule has 0 spiro atoms. The molecule has 0 aliphatic heterocycles. The summed E-state index contributed by atoms with van der Waals surface area (Å²) in [6, 6.07) is 93.0. The van der Waals surface area contributed by atoms with Gasteiger partial charge in [-0.3, -0.25) is 0 Å². The van der Waals surface area contributed by atoms with Crippen LogP contribution in [0.4, 0.5) is 0 Å². The molecule has 13 rings (SSSR count). The van der Waals surface area contributed by atoms with Crippen LogP contribution in [0.15, 0.2) is 261 Å². The van der Waals surface area contributed by atoms with Gasteiger partial charge in [0.25, 0.3) is 0 Å². The van der Waals surface area contributed by atoms with Crippen LogP contribution >= 0.6 is 0 Å². The fourth-order valence-electron chi connectivity index (χ4n) is 10.1. The van der Waals surface area contributed by atoms with Crippen molar-refractivity contribution in [1.29, 1.82) is 0 Å². The number of hydrogen-bond donors (Lipinski definition) is 0. The summed E-state index contributed by atoms with van der Waals surface area (Å²) in [6.07, 6.45) is 0. The molecule has 0 N–H and O–H groups in total. The van der Waals surface area contributed by atoms with Crippen LogP contribution in [0.5, 0.6) is 0 Å². The van der Waals surface area contributed by atoms with Gasteiger partial charge in [0.1, 0.15) is 0 Å². The third-order valence-corrected chi connectivity index (χ3v) is 13.6. The second-order valence-corrected chi connectivity index (χ2v) is 17.9. The van der Waals surface area contributed by atoms with E-state index < -0.39 is 0 Å². The van der Waals surface area contributed by atoms with Crippen LogP contribution in [0.3, 0.4) is 0 Å². The van der Waals surface area contributed by atoms with E-state index in [0.29, 0.717) is 5.82 Å². The van der Waals surface area contributed by atoms with Crippen LogP contribution in [-0.4, -0.2) is 15.0 Å². The van der Waals surface area contributed by atoms with Crippen molar-refractivity contribution >= 4 is 43.2 Å². The number of hydrogen-bond acceptors (Lipinski definition) is 3. The Kier molecular flexibility index (Phi) is 10.2. The van der Waals surface area contributed by atoms with Gasteiger partial charge in [-0.25, -0.2) is 15.0 Å². The van der Waals surface area contributed by atoms with Crippen molar-refractivity contribution < 1.29 is 0 Å².